The second-order valence-corrected chi connectivity index (χ2v) is 9.30. The zero-order valence-corrected chi connectivity index (χ0v) is 20.8. The first-order chi connectivity index (χ1) is 17.7. The van der Waals surface area contributed by atoms with E-state index in [2.05, 4.69) is 4.57 Å². The number of carbonyl (C=O) groups is 1. The zero-order chi connectivity index (χ0) is 28.5. The van der Waals surface area contributed by atoms with Crippen LogP contribution in [0.3, 0.4) is 0 Å². The van der Waals surface area contributed by atoms with Gasteiger partial charge in [0.05, 0.1) is 0 Å². The lowest BCUT2D eigenvalue weighted by Crippen LogP contribution is -2.61. The molecule has 220 valence electrons. The highest BCUT2D eigenvalue weighted by Crippen LogP contribution is 2.53. The number of aromatic nitrogens is 1. The number of aryl methyl sites for hydroxylation is 1. The number of rotatable bonds is 17. The van der Waals surface area contributed by atoms with E-state index in [4.69, 9.17) is 9.47 Å². The van der Waals surface area contributed by atoms with Crippen LogP contribution in [0.5, 0.6) is 11.5 Å². The van der Waals surface area contributed by atoms with Crippen LogP contribution in [-0.4, -0.2) is 54.2 Å². The number of nitrogens with one attached hydrogen (secondary N) is 1. The van der Waals surface area contributed by atoms with Gasteiger partial charge in [-0.25, -0.2) is 0 Å². The molecular formula is C24H33F9N2O3. The Morgan fingerprint density at radius 1 is 0.737 bits per heavy atom. The summed E-state index contributed by atoms with van der Waals surface area (Å²) >= 11 is 0. The van der Waals surface area contributed by atoms with Crippen molar-refractivity contribution < 1.29 is 53.8 Å². The van der Waals surface area contributed by atoms with E-state index < -0.39 is 42.8 Å². The standard InChI is InChI=1S/C24H33F9N2O3/c25-21(26,22(27,28)23(29,30)24(31,32)33)11-12-34-20(36)10-8-6-4-2-1-3-5-7-9-13-35-16-18-19(17-35)38-15-14-37-18/h16-17H,1-15H2,(H,34,36). The number of halogens is 9. The van der Waals surface area contributed by atoms with Gasteiger partial charge in [0, 0.05) is 38.3 Å². The summed E-state index contributed by atoms with van der Waals surface area (Å²) in [6.45, 7) is 0.821. The Labute approximate surface area is 215 Å². The van der Waals surface area contributed by atoms with Gasteiger partial charge >= 0.3 is 23.9 Å². The monoisotopic (exact) mass is 568 g/mol. The molecule has 2 rings (SSSR count). The number of amides is 1. The fourth-order valence-electron chi connectivity index (χ4n) is 3.94. The van der Waals surface area contributed by atoms with Crippen LogP contribution >= 0.6 is 0 Å². The molecule has 0 aliphatic carbocycles. The molecule has 0 aromatic carbocycles. The van der Waals surface area contributed by atoms with Crippen molar-refractivity contribution in [1.29, 1.82) is 0 Å². The first-order valence-corrected chi connectivity index (χ1v) is 12.6. The second kappa shape index (κ2) is 13.7. The highest BCUT2D eigenvalue weighted by atomic mass is 19.4. The normalized spacial score (nSPS) is 14.6. The number of fused-ring (bicyclic) bond motifs is 1. The second-order valence-electron chi connectivity index (χ2n) is 9.30. The summed E-state index contributed by atoms with van der Waals surface area (Å²) in [6.07, 6.45) is 2.94. The van der Waals surface area contributed by atoms with Crippen molar-refractivity contribution >= 4 is 5.91 Å². The predicted octanol–water partition coefficient (Wildman–Crippen LogP) is 7.13. The molecule has 1 aliphatic heterocycles. The van der Waals surface area contributed by atoms with Gasteiger partial charge in [-0.3, -0.25) is 4.79 Å². The first kappa shape index (κ1) is 31.9. The third kappa shape index (κ3) is 8.62. The molecule has 38 heavy (non-hydrogen) atoms. The molecule has 2 heterocycles. The SMILES string of the molecule is O=C(CCCCCCCCCCCn1cc2c(c1)OCCO2)NCCC(F)(F)C(F)(F)C(F)(F)C(F)(F)F. The van der Waals surface area contributed by atoms with Crippen molar-refractivity contribution in [3.05, 3.63) is 12.4 Å². The van der Waals surface area contributed by atoms with Gasteiger partial charge in [0.1, 0.15) is 13.2 Å². The number of hydrogen-bond acceptors (Lipinski definition) is 3. The van der Waals surface area contributed by atoms with E-state index >= 15 is 0 Å². The summed E-state index contributed by atoms with van der Waals surface area (Å²) in [7, 11) is 0. The number of nitrogens with zero attached hydrogens (tertiary/aromatic N) is 1. The maximum absolute atomic E-state index is 13.4. The molecular weight excluding hydrogens is 535 g/mol. The molecule has 5 nitrogen and oxygen atoms in total. The Bertz CT molecular complexity index is 849. The van der Waals surface area contributed by atoms with Crippen LogP contribution in [-0.2, 0) is 11.3 Å². The Hall–Kier alpha value is -2.28. The molecule has 1 aromatic heterocycles. The van der Waals surface area contributed by atoms with Gasteiger partial charge in [-0.2, -0.15) is 39.5 Å². The third-order valence-corrected chi connectivity index (χ3v) is 6.20. The van der Waals surface area contributed by atoms with Crippen molar-refractivity contribution in [2.24, 2.45) is 0 Å². The van der Waals surface area contributed by atoms with Crippen LogP contribution in [0.1, 0.15) is 70.6 Å². The Morgan fingerprint density at radius 2 is 1.21 bits per heavy atom. The lowest BCUT2D eigenvalue weighted by atomic mass is 10.0. The first-order valence-electron chi connectivity index (χ1n) is 12.6. The van der Waals surface area contributed by atoms with E-state index in [1.807, 2.05) is 17.7 Å². The maximum Gasteiger partial charge on any atom is 0.460 e. The summed E-state index contributed by atoms with van der Waals surface area (Å²) in [5, 5.41) is 1.86. The summed E-state index contributed by atoms with van der Waals surface area (Å²) in [5.74, 6) is -18.5. The number of unbranched alkanes of at least 4 members (excludes halogenated alkanes) is 8. The Kier molecular flexibility index (Phi) is 11.5. The molecule has 1 aromatic rings. The van der Waals surface area contributed by atoms with Crippen molar-refractivity contribution in [1.82, 2.24) is 9.88 Å². The van der Waals surface area contributed by atoms with Gasteiger partial charge in [0.25, 0.3) is 0 Å². The molecule has 0 radical (unpaired) electrons. The molecule has 1 aliphatic rings. The summed E-state index contributed by atoms with van der Waals surface area (Å²) < 4.78 is 128. The van der Waals surface area contributed by atoms with E-state index in [9.17, 15) is 44.3 Å². The summed E-state index contributed by atoms with van der Waals surface area (Å²) in [4.78, 5) is 11.6. The Balaban J connectivity index is 1.47. The molecule has 0 saturated carbocycles. The van der Waals surface area contributed by atoms with Gasteiger partial charge in [-0.05, 0) is 12.8 Å². The minimum atomic E-state index is -6.92. The average molecular weight is 569 g/mol. The number of alkyl halides is 9. The molecule has 0 unspecified atom stereocenters. The van der Waals surface area contributed by atoms with Crippen molar-refractivity contribution in [3.8, 4) is 11.5 Å². The summed E-state index contributed by atoms with van der Waals surface area (Å²) in [6, 6.07) is 0. The fourth-order valence-corrected chi connectivity index (χ4v) is 3.94. The average Bonchev–Trinajstić information content (AvgIpc) is 3.24. The van der Waals surface area contributed by atoms with Gasteiger partial charge in [0.15, 0.2) is 11.5 Å². The van der Waals surface area contributed by atoms with Crippen molar-refractivity contribution in [2.45, 2.75) is 101 Å². The quantitative estimate of drug-likeness (QED) is 0.161. The fraction of sp³-hybridized carbons (Fsp3) is 0.792. The van der Waals surface area contributed by atoms with E-state index in [0.29, 0.717) is 26.1 Å². The predicted molar refractivity (Wildman–Crippen MR) is 120 cm³/mol. The lowest BCUT2D eigenvalue weighted by Gasteiger charge is -2.33. The topological polar surface area (TPSA) is 52.5 Å². The van der Waals surface area contributed by atoms with E-state index in [0.717, 1.165) is 63.0 Å². The van der Waals surface area contributed by atoms with Crippen LogP contribution in [0.4, 0.5) is 39.5 Å². The van der Waals surface area contributed by atoms with Crippen LogP contribution in [0.15, 0.2) is 12.4 Å². The largest absolute Gasteiger partial charge is 0.485 e. The van der Waals surface area contributed by atoms with E-state index in [1.54, 1.807) is 0 Å². The van der Waals surface area contributed by atoms with Crippen molar-refractivity contribution in [3.63, 3.8) is 0 Å². The van der Waals surface area contributed by atoms with Crippen molar-refractivity contribution in [2.75, 3.05) is 19.8 Å². The van der Waals surface area contributed by atoms with Crippen LogP contribution in [0.2, 0.25) is 0 Å². The van der Waals surface area contributed by atoms with Gasteiger partial charge in [-0.1, -0.05) is 44.9 Å². The highest BCUT2D eigenvalue weighted by Gasteiger charge is 2.81. The maximum atomic E-state index is 13.4. The van der Waals surface area contributed by atoms with Gasteiger partial charge in [-0.15, -0.1) is 0 Å². The molecule has 0 bridgehead atoms. The Morgan fingerprint density at radius 3 is 1.71 bits per heavy atom. The van der Waals surface area contributed by atoms with Crippen LogP contribution in [0.25, 0.3) is 0 Å². The lowest BCUT2D eigenvalue weighted by molar-refractivity contribution is -0.396. The number of carbonyl (C=O) groups excluding carboxylic acids is 1. The van der Waals surface area contributed by atoms with E-state index in [-0.39, 0.29) is 6.42 Å². The van der Waals surface area contributed by atoms with Crippen LogP contribution in [0, 0.1) is 0 Å². The molecule has 14 heteroatoms. The highest BCUT2D eigenvalue weighted by molar-refractivity contribution is 5.75. The zero-order valence-electron chi connectivity index (χ0n) is 20.8. The molecule has 1 N–H and O–H groups in total. The molecule has 1 amide bonds. The minimum Gasteiger partial charge on any atom is -0.485 e. The van der Waals surface area contributed by atoms with Gasteiger partial charge in [0.2, 0.25) is 5.91 Å². The van der Waals surface area contributed by atoms with Crippen LogP contribution < -0.4 is 14.8 Å². The number of ether oxygens (including phenoxy) is 2. The minimum absolute atomic E-state index is 0.0976. The smallest absolute Gasteiger partial charge is 0.460 e. The molecule has 0 fully saturated rings. The van der Waals surface area contributed by atoms with E-state index in [1.165, 1.54) is 0 Å². The molecule has 0 atom stereocenters. The summed E-state index contributed by atoms with van der Waals surface area (Å²) in [5.41, 5.74) is 0. The molecule has 0 saturated heterocycles. The molecule has 0 spiro atoms. The third-order valence-electron chi connectivity index (χ3n) is 6.20. The van der Waals surface area contributed by atoms with Gasteiger partial charge < -0.3 is 19.4 Å². The number of hydrogen-bond donors (Lipinski definition) is 1.